The van der Waals surface area contributed by atoms with Gasteiger partial charge in [-0.3, -0.25) is 0 Å². The Kier molecular flexibility index (Phi) is 3.10. The minimum Gasteiger partial charge on any atom is -0.396 e. The number of likely N-dealkylation sites (N-methyl/N-ethyl adjacent to an activating group) is 1. The van der Waals surface area contributed by atoms with Crippen molar-refractivity contribution in [3.63, 3.8) is 0 Å². The minimum absolute atomic E-state index is 0.260. The molecule has 0 amide bonds. The van der Waals surface area contributed by atoms with E-state index >= 15 is 0 Å². The Hall–Kier alpha value is -0.120. The molecule has 0 bridgehead atoms. The van der Waals surface area contributed by atoms with E-state index in [9.17, 15) is 5.11 Å². The van der Waals surface area contributed by atoms with Crippen LogP contribution in [0, 0.1) is 5.41 Å². The number of likely N-dealkylation sites (tertiary alicyclic amines) is 1. The summed E-state index contributed by atoms with van der Waals surface area (Å²) in [5.74, 6) is 0. The first kappa shape index (κ1) is 10.4. The first-order chi connectivity index (χ1) is 6.74. The van der Waals surface area contributed by atoms with Gasteiger partial charge in [0.15, 0.2) is 0 Å². The van der Waals surface area contributed by atoms with Crippen molar-refractivity contribution in [1.29, 1.82) is 0 Å². The molecule has 1 atom stereocenters. The third kappa shape index (κ3) is 2.47. The van der Waals surface area contributed by atoms with Gasteiger partial charge in [0.05, 0.1) is 0 Å². The lowest BCUT2D eigenvalue weighted by Gasteiger charge is -2.31. The molecule has 14 heavy (non-hydrogen) atoms. The van der Waals surface area contributed by atoms with Crippen molar-refractivity contribution in [3.8, 4) is 0 Å². The summed E-state index contributed by atoms with van der Waals surface area (Å²) >= 11 is 0. The Balaban J connectivity index is 1.69. The highest BCUT2D eigenvalue weighted by atomic mass is 16.3. The summed E-state index contributed by atoms with van der Waals surface area (Å²) in [4.78, 5) is 2.39. The number of nitrogens with one attached hydrogen (secondary N) is 1. The van der Waals surface area contributed by atoms with Crippen LogP contribution in [0.5, 0.6) is 0 Å². The molecule has 1 saturated heterocycles. The molecule has 1 aliphatic heterocycles. The summed E-state index contributed by atoms with van der Waals surface area (Å²) in [5.41, 5.74) is 0.260. The topological polar surface area (TPSA) is 35.5 Å². The Morgan fingerprint density at radius 3 is 2.86 bits per heavy atom. The highest BCUT2D eigenvalue weighted by molar-refractivity contribution is 4.95. The maximum absolute atomic E-state index is 9.19. The quantitative estimate of drug-likeness (QED) is 0.688. The summed E-state index contributed by atoms with van der Waals surface area (Å²) in [6.07, 6.45) is 5.02. The van der Waals surface area contributed by atoms with E-state index in [0.29, 0.717) is 12.6 Å². The minimum atomic E-state index is 0.260. The molecule has 0 spiro atoms. The molecular formula is C11H22N2O. The monoisotopic (exact) mass is 198 g/mol. The van der Waals surface area contributed by atoms with Gasteiger partial charge < -0.3 is 15.3 Å². The van der Waals surface area contributed by atoms with Crippen molar-refractivity contribution in [2.24, 2.45) is 5.41 Å². The third-order valence-corrected chi connectivity index (χ3v) is 3.68. The van der Waals surface area contributed by atoms with Crippen LogP contribution in [0.15, 0.2) is 0 Å². The molecule has 0 aromatic carbocycles. The predicted molar refractivity (Wildman–Crippen MR) is 57.3 cm³/mol. The second kappa shape index (κ2) is 4.17. The summed E-state index contributed by atoms with van der Waals surface area (Å²) in [5, 5.41) is 12.8. The van der Waals surface area contributed by atoms with Crippen molar-refractivity contribution in [2.75, 3.05) is 33.3 Å². The Morgan fingerprint density at radius 2 is 2.29 bits per heavy atom. The molecule has 3 nitrogen and oxygen atoms in total. The van der Waals surface area contributed by atoms with E-state index in [1.807, 2.05) is 0 Å². The standard InChI is InChI=1S/C11H22N2O/c1-13-6-2-3-10(7-13)12-8-11(9-14)4-5-11/h10,12,14H,2-9H2,1H3. The highest BCUT2D eigenvalue weighted by Gasteiger charge is 2.41. The van der Waals surface area contributed by atoms with Gasteiger partial charge in [-0.05, 0) is 39.3 Å². The molecule has 0 aromatic heterocycles. The first-order valence-corrected chi connectivity index (χ1v) is 5.77. The van der Waals surface area contributed by atoms with E-state index in [0.717, 1.165) is 6.54 Å². The van der Waals surface area contributed by atoms with Gasteiger partial charge in [0.1, 0.15) is 0 Å². The second-order valence-electron chi connectivity index (χ2n) is 5.14. The number of nitrogens with zero attached hydrogens (tertiary/aromatic N) is 1. The van der Waals surface area contributed by atoms with Gasteiger partial charge in [0, 0.05) is 31.2 Å². The predicted octanol–water partition coefficient (Wildman–Crippen LogP) is 0.443. The zero-order valence-electron chi connectivity index (χ0n) is 9.13. The van der Waals surface area contributed by atoms with Gasteiger partial charge in [0.2, 0.25) is 0 Å². The number of hydrogen-bond donors (Lipinski definition) is 2. The van der Waals surface area contributed by atoms with Crippen LogP contribution >= 0.6 is 0 Å². The van der Waals surface area contributed by atoms with E-state index in [-0.39, 0.29) is 5.41 Å². The Labute approximate surface area is 86.5 Å². The van der Waals surface area contributed by atoms with Crippen molar-refractivity contribution in [2.45, 2.75) is 31.7 Å². The van der Waals surface area contributed by atoms with Crippen LogP contribution < -0.4 is 5.32 Å². The van der Waals surface area contributed by atoms with E-state index < -0.39 is 0 Å². The highest BCUT2D eigenvalue weighted by Crippen LogP contribution is 2.44. The van der Waals surface area contributed by atoms with Crippen molar-refractivity contribution < 1.29 is 5.11 Å². The van der Waals surface area contributed by atoms with Crippen LogP contribution in [0.4, 0.5) is 0 Å². The van der Waals surface area contributed by atoms with Crippen LogP contribution in [0.25, 0.3) is 0 Å². The maximum atomic E-state index is 9.19. The molecule has 0 radical (unpaired) electrons. The maximum Gasteiger partial charge on any atom is 0.0499 e. The molecule has 1 aliphatic carbocycles. The van der Waals surface area contributed by atoms with Gasteiger partial charge in [-0.25, -0.2) is 0 Å². The number of aliphatic hydroxyl groups is 1. The second-order valence-corrected chi connectivity index (χ2v) is 5.14. The average molecular weight is 198 g/mol. The van der Waals surface area contributed by atoms with Gasteiger partial charge in [-0.15, -0.1) is 0 Å². The van der Waals surface area contributed by atoms with Gasteiger partial charge in [-0.2, -0.15) is 0 Å². The average Bonchev–Trinajstić information content (AvgIpc) is 2.96. The molecule has 82 valence electrons. The van der Waals surface area contributed by atoms with Gasteiger partial charge in [-0.1, -0.05) is 0 Å². The summed E-state index contributed by atoms with van der Waals surface area (Å²) in [7, 11) is 2.19. The van der Waals surface area contributed by atoms with E-state index in [1.165, 1.54) is 38.8 Å². The molecule has 1 unspecified atom stereocenters. The lowest BCUT2D eigenvalue weighted by molar-refractivity contribution is 0.183. The fraction of sp³-hybridized carbons (Fsp3) is 1.00. The molecule has 0 aromatic rings. The number of rotatable bonds is 4. The molecule has 2 fully saturated rings. The summed E-state index contributed by atoms with van der Waals surface area (Å²) in [6, 6.07) is 0.651. The van der Waals surface area contributed by atoms with Crippen molar-refractivity contribution in [3.05, 3.63) is 0 Å². The van der Waals surface area contributed by atoms with E-state index in [2.05, 4.69) is 17.3 Å². The van der Waals surface area contributed by atoms with Crippen molar-refractivity contribution in [1.82, 2.24) is 10.2 Å². The summed E-state index contributed by atoms with van der Waals surface area (Å²) < 4.78 is 0. The lowest BCUT2D eigenvalue weighted by Crippen LogP contribution is -2.46. The van der Waals surface area contributed by atoms with Gasteiger partial charge in [0.25, 0.3) is 0 Å². The van der Waals surface area contributed by atoms with Crippen LogP contribution in [-0.2, 0) is 0 Å². The van der Waals surface area contributed by atoms with Crippen LogP contribution in [0.3, 0.4) is 0 Å². The molecule has 2 rings (SSSR count). The first-order valence-electron chi connectivity index (χ1n) is 5.77. The largest absolute Gasteiger partial charge is 0.396 e. The lowest BCUT2D eigenvalue weighted by atomic mass is 10.0. The van der Waals surface area contributed by atoms with Gasteiger partial charge >= 0.3 is 0 Å². The number of aliphatic hydroxyl groups excluding tert-OH is 1. The Bertz CT molecular complexity index is 192. The molecule has 2 N–H and O–H groups in total. The molecule has 2 aliphatic rings. The number of piperidine rings is 1. The van der Waals surface area contributed by atoms with Crippen LogP contribution in [0.2, 0.25) is 0 Å². The molecular weight excluding hydrogens is 176 g/mol. The van der Waals surface area contributed by atoms with Crippen LogP contribution in [-0.4, -0.2) is 49.3 Å². The summed E-state index contributed by atoms with van der Waals surface area (Å²) in [6.45, 7) is 3.79. The smallest absolute Gasteiger partial charge is 0.0499 e. The van der Waals surface area contributed by atoms with Crippen molar-refractivity contribution >= 4 is 0 Å². The number of hydrogen-bond acceptors (Lipinski definition) is 3. The zero-order chi connectivity index (χ0) is 10.0. The fourth-order valence-electron chi connectivity index (χ4n) is 2.26. The Morgan fingerprint density at radius 1 is 1.50 bits per heavy atom. The normalized spacial score (nSPS) is 31.7. The van der Waals surface area contributed by atoms with E-state index in [4.69, 9.17) is 0 Å². The third-order valence-electron chi connectivity index (χ3n) is 3.68. The van der Waals surface area contributed by atoms with Crippen LogP contribution in [0.1, 0.15) is 25.7 Å². The zero-order valence-corrected chi connectivity index (χ0v) is 9.13. The molecule has 1 heterocycles. The van der Waals surface area contributed by atoms with E-state index in [1.54, 1.807) is 0 Å². The fourth-order valence-corrected chi connectivity index (χ4v) is 2.26. The molecule has 3 heteroatoms. The SMILES string of the molecule is CN1CCCC(NCC2(CO)CC2)C1. The molecule has 1 saturated carbocycles.